The number of benzene rings is 1. The normalized spacial score (nSPS) is 17.4. The van der Waals surface area contributed by atoms with Crippen molar-refractivity contribution < 1.29 is 9.53 Å². The van der Waals surface area contributed by atoms with Crippen LogP contribution in [-0.2, 0) is 0 Å². The number of likely N-dealkylation sites (N-methyl/N-ethyl adjacent to an activating group) is 1. The maximum Gasteiger partial charge on any atom is 0.263 e. The molecule has 10 heteroatoms. The number of nitrogens with one attached hydrogen (secondary N) is 4. The van der Waals surface area contributed by atoms with Crippen LogP contribution in [0.1, 0.15) is 29.3 Å². The van der Waals surface area contributed by atoms with E-state index in [-0.39, 0.29) is 11.7 Å². The Balaban J connectivity index is 1.33. The maximum absolute atomic E-state index is 13.2. The number of aromatic nitrogens is 2. The lowest BCUT2D eigenvalue weighted by atomic mass is 10.1. The summed E-state index contributed by atoms with van der Waals surface area (Å²) in [6.07, 6.45) is 4.14. The third kappa shape index (κ3) is 5.24. The second-order valence-electron chi connectivity index (χ2n) is 9.52. The Kier molecular flexibility index (Phi) is 7.00. The molecular formula is C27H33N7O3. The van der Waals surface area contributed by atoms with Crippen molar-refractivity contribution in [1.82, 2.24) is 14.9 Å². The van der Waals surface area contributed by atoms with Crippen molar-refractivity contribution in [2.75, 3.05) is 60.6 Å². The summed E-state index contributed by atoms with van der Waals surface area (Å²) in [4.78, 5) is 37.6. The summed E-state index contributed by atoms with van der Waals surface area (Å²) in [5.74, 6) is 0.0672. The lowest BCUT2D eigenvalue weighted by Crippen LogP contribution is -2.44. The van der Waals surface area contributed by atoms with Crippen LogP contribution in [0.3, 0.4) is 0 Å². The first-order valence-corrected chi connectivity index (χ1v) is 12.7. The molecular weight excluding hydrogens is 470 g/mol. The van der Waals surface area contributed by atoms with Gasteiger partial charge in [0.05, 0.1) is 24.1 Å². The van der Waals surface area contributed by atoms with Crippen molar-refractivity contribution >= 4 is 34.3 Å². The Morgan fingerprint density at radius 1 is 1.14 bits per heavy atom. The Labute approximate surface area is 216 Å². The summed E-state index contributed by atoms with van der Waals surface area (Å²) < 4.78 is 5.94. The van der Waals surface area contributed by atoms with Gasteiger partial charge in [0.25, 0.3) is 11.5 Å². The molecule has 0 saturated carbocycles. The molecule has 1 fully saturated rings. The molecule has 1 unspecified atom stereocenters. The first kappa shape index (κ1) is 24.6. The van der Waals surface area contributed by atoms with Crippen LogP contribution in [0.4, 0.5) is 28.4 Å². The van der Waals surface area contributed by atoms with E-state index >= 15 is 0 Å². The number of piperazine rings is 1. The number of rotatable bonds is 6. The van der Waals surface area contributed by atoms with Crippen molar-refractivity contribution in [3.05, 3.63) is 64.2 Å². The third-order valence-corrected chi connectivity index (χ3v) is 6.99. The molecule has 0 spiro atoms. The number of H-pyrrole nitrogens is 1. The third-order valence-electron chi connectivity index (χ3n) is 6.99. The SMILES string of the molecule is CCC1CNc2c(ncc(Nc3cc[nH]c(=O)c3C(=O)Nc3ccc(N4CCN(C)CC4)cc3)c2C)O1. The molecule has 10 nitrogen and oxygen atoms in total. The van der Waals surface area contributed by atoms with Crippen molar-refractivity contribution in [3.63, 3.8) is 0 Å². The molecule has 1 aromatic carbocycles. The monoisotopic (exact) mass is 503 g/mol. The van der Waals surface area contributed by atoms with Gasteiger partial charge in [-0.2, -0.15) is 0 Å². The average molecular weight is 504 g/mol. The van der Waals surface area contributed by atoms with Gasteiger partial charge in [0, 0.05) is 49.3 Å². The molecule has 4 N–H and O–H groups in total. The first-order chi connectivity index (χ1) is 17.9. The zero-order valence-electron chi connectivity index (χ0n) is 21.4. The predicted molar refractivity (Wildman–Crippen MR) is 147 cm³/mol. The van der Waals surface area contributed by atoms with Crippen molar-refractivity contribution in [2.24, 2.45) is 0 Å². The van der Waals surface area contributed by atoms with Gasteiger partial charge in [-0.3, -0.25) is 9.59 Å². The molecule has 1 saturated heterocycles. The number of nitrogens with zero attached hydrogens (tertiary/aromatic N) is 3. The number of hydrogen-bond acceptors (Lipinski definition) is 8. The van der Waals surface area contributed by atoms with Crippen LogP contribution in [0.5, 0.6) is 5.88 Å². The van der Waals surface area contributed by atoms with E-state index in [2.05, 4.69) is 49.7 Å². The van der Waals surface area contributed by atoms with Crippen LogP contribution >= 0.6 is 0 Å². The van der Waals surface area contributed by atoms with Crippen LogP contribution in [0, 0.1) is 6.92 Å². The number of carbonyl (C=O) groups excluding carboxylic acids is 1. The Morgan fingerprint density at radius 3 is 2.62 bits per heavy atom. The van der Waals surface area contributed by atoms with Gasteiger partial charge in [-0.25, -0.2) is 4.98 Å². The molecule has 2 aliphatic heterocycles. The van der Waals surface area contributed by atoms with Crippen LogP contribution in [-0.4, -0.2) is 66.7 Å². The lowest BCUT2D eigenvalue weighted by molar-refractivity contribution is 0.102. The van der Waals surface area contributed by atoms with Crippen LogP contribution in [0.2, 0.25) is 0 Å². The minimum Gasteiger partial charge on any atom is -0.471 e. The second-order valence-corrected chi connectivity index (χ2v) is 9.52. The molecule has 5 rings (SSSR count). The molecule has 0 radical (unpaired) electrons. The highest BCUT2D eigenvalue weighted by atomic mass is 16.5. The molecule has 3 aromatic rings. The summed E-state index contributed by atoms with van der Waals surface area (Å²) in [6.45, 7) is 8.69. The van der Waals surface area contributed by atoms with Crippen LogP contribution in [0.15, 0.2) is 47.5 Å². The minimum absolute atomic E-state index is 0.00183. The average Bonchev–Trinajstić information content (AvgIpc) is 2.91. The largest absolute Gasteiger partial charge is 0.471 e. The van der Waals surface area contributed by atoms with Crippen molar-refractivity contribution in [3.8, 4) is 5.88 Å². The van der Waals surface area contributed by atoms with E-state index in [0.717, 1.165) is 49.5 Å². The molecule has 0 aliphatic carbocycles. The van der Waals surface area contributed by atoms with E-state index in [1.807, 2.05) is 31.2 Å². The number of fused-ring (bicyclic) bond motifs is 1. The Bertz CT molecular complexity index is 1330. The molecule has 194 valence electrons. The van der Waals surface area contributed by atoms with E-state index in [0.29, 0.717) is 29.5 Å². The highest BCUT2D eigenvalue weighted by Gasteiger charge is 2.23. The van der Waals surface area contributed by atoms with Gasteiger partial charge in [-0.05, 0) is 50.7 Å². The molecule has 2 aromatic heterocycles. The number of aromatic amines is 1. The molecule has 4 heterocycles. The fourth-order valence-electron chi connectivity index (χ4n) is 4.61. The second kappa shape index (κ2) is 10.5. The van der Waals surface area contributed by atoms with E-state index in [1.54, 1.807) is 12.3 Å². The standard InChI is InChI=1S/C27H33N7O3/c1-4-20-15-29-24-17(2)22(16-30-27(24)37-20)32-21-9-10-28-25(35)23(21)26(36)31-18-5-7-19(8-6-18)34-13-11-33(3)12-14-34/h5-10,16,20,29H,4,11-15H2,1-3H3,(H,31,36)(H2,28,32,35). The van der Waals surface area contributed by atoms with Crippen molar-refractivity contribution in [1.29, 1.82) is 0 Å². The fourth-order valence-corrected chi connectivity index (χ4v) is 4.61. The number of hydrogen-bond donors (Lipinski definition) is 4. The molecule has 1 atom stereocenters. The van der Waals surface area contributed by atoms with Gasteiger partial charge in [-0.1, -0.05) is 6.92 Å². The van der Waals surface area contributed by atoms with Gasteiger partial charge in [0.2, 0.25) is 5.88 Å². The summed E-state index contributed by atoms with van der Waals surface area (Å²) in [7, 11) is 2.13. The zero-order valence-corrected chi connectivity index (χ0v) is 21.4. The summed E-state index contributed by atoms with van der Waals surface area (Å²) >= 11 is 0. The molecule has 0 bridgehead atoms. The zero-order chi connectivity index (χ0) is 25.9. The van der Waals surface area contributed by atoms with Gasteiger partial charge >= 0.3 is 0 Å². The van der Waals surface area contributed by atoms with Gasteiger partial charge in [-0.15, -0.1) is 0 Å². The smallest absolute Gasteiger partial charge is 0.263 e. The number of pyridine rings is 2. The quantitative estimate of drug-likeness (QED) is 0.405. The molecule has 1 amide bonds. The van der Waals surface area contributed by atoms with E-state index < -0.39 is 11.5 Å². The minimum atomic E-state index is -0.493. The lowest BCUT2D eigenvalue weighted by Gasteiger charge is -2.34. The van der Waals surface area contributed by atoms with E-state index in [1.165, 1.54) is 6.20 Å². The van der Waals surface area contributed by atoms with Crippen LogP contribution < -0.4 is 31.1 Å². The predicted octanol–water partition coefficient (Wildman–Crippen LogP) is 3.41. The Morgan fingerprint density at radius 2 is 1.89 bits per heavy atom. The number of carbonyl (C=O) groups is 1. The summed E-state index contributed by atoms with van der Waals surface area (Å²) in [5, 5.41) is 9.48. The number of amides is 1. The molecule has 2 aliphatic rings. The van der Waals surface area contributed by atoms with Crippen LogP contribution in [0.25, 0.3) is 0 Å². The van der Waals surface area contributed by atoms with E-state index in [9.17, 15) is 9.59 Å². The van der Waals surface area contributed by atoms with Gasteiger partial charge in [0.1, 0.15) is 17.4 Å². The van der Waals surface area contributed by atoms with Gasteiger partial charge in [0.15, 0.2) is 0 Å². The number of ether oxygens (including phenoxy) is 1. The first-order valence-electron chi connectivity index (χ1n) is 12.7. The van der Waals surface area contributed by atoms with Gasteiger partial charge < -0.3 is 35.5 Å². The Hall–Kier alpha value is -4.05. The summed E-state index contributed by atoms with van der Waals surface area (Å²) in [6, 6.07) is 9.39. The highest BCUT2D eigenvalue weighted by molar-refractivity contribution is 6.08. The topological polar surface area (TPSA) is 115 Å². The maximum atomic E-state index is 13.2. The fraction of sp³-hybridized carbons (Fsp3) is 0.370. The number of anilines is 5. The van der Waals surface area contributed by atoms with Crippen molar-refractivity contribution in [2.45, 2.75) is 26.4 Å². The molecule has 37 heavy (non-hydrogen) atoms. The highest BCUT2D eigenvalue weighted by Crippen LogP contribution is 2.36. The summed E-state index contributed by atoms with van der Waals surface area (Å²) in [5.41, 5.74) is 4.03. The van der Waals surface area contributed by atoms with E-state index in [4.69, 9.17) is 4.74 Å².